The molecular formula is C14H6Cl6O. The zero-order chi connectivity index (χ0) is 15.7. The molecular weight excluding hydrogens is 397 g/mol. The summed E-state index contributed by atoms with van der Waals surface area (Å²) in [7, 11) is 0. The summed E-state index contributed by atoms with van der Waals surface area (Å²) in [6, 6.07) is 6.32. The van der Waals surface area contributed by atoms with Gasteiger partial charge in [0, 0.05) is 6.42 Å². The normalized spacial score (nSPS) is 10.8. The molecule has 1 nitrogen and oxygen atoms in total. The van der Waals surface area contributed by atoms with Crippen molar-refractivity contribution in [3.8, 4) is 0 Å². The molecule has 0 atom stereocenters. The highest BCUT2D eigenvalue weighted by Gasteiger charge is 2.20. The highest BCUT2D eigenvalue weighted by atomic mass is 35.5. The Labute approximate surface area is 151 Å². The largest absolute Gasteiger partial charge is 0.294 e. The van der Waals surface area contributed by atoms with E-state index in [-0.39, 0.29) is 37.9 Å². The number of benzene rings is 2. The van der Waals surface area contributed by atoms with E-state index in [1.54, 1.807) is 18.2 Å². The van der Waals surface area contributed by atoms with E-state index < -0.39 is 0 Å². The summed E-state index contributed by atoms with van der Waals surface area (Å²) in [6.45, 7) is 0. The molecule has 2 rings (SSSR count). The van der Waals surface area contributed by atoms with Crippen LogP contribution >= 0.6 is 69.6 Å². The Kier molecular flexibility index (Phi) is 5.70. The van der Waals surface area contributed by atoms with Crippen LogP contribution in [0.1, 0.15) is 15.9 Å². The molecule has 0 heterocycles. The zero-order valence-corrected chi connectivity index (χ0v) is 14.7. The zero-order valence-electron chi connectivity index (χ0n) is 10.2. The second kappa shape index (κ2) is 6.95. The number of rotatable bonds is 3. The van der Waals surface area contributed by atoms with Crippen LogP contribution in [0.4, 0.5) is 0 Å². The van der Waals surface area contributed by atoms with Crippen molar-refractivity contribution >= 4 is 75.4 Å². The first-order chi connectivity index (χ1) is 9.81. The summed E-state index contributed by atoms with van der Waals surface area (Å²) < 4.78 is 0. The minimum Gasteiger partial charge on any atom is -0.294 e. The van der Waals surface area contributed by atoms with E-state index in [0.29, 0.717) is 15.6 Å². The average molecular weight is 403 g/mol. The number of ketones is 1. The lowest BCUT2D eigenvalue weighted by Gasteiger charge is -2.09. The third-order valence-corrected chi connectivity index (χ3v) is 5.04. The average Bonchev–Trinajstić information content (AvgIpc) is 2.40. The van der Waals surface area contributed by atoms with Gasteiger partial charge in [0.15, 0.2) is 5.78 Å². The maximum atomic E-state index is 12.4. The summed E-state index contributed by atoms with van der Waals surface area (Å²) >= 11 is 35.6. The van der Waals surface area contributed by atoms with Gasteiger partial charge in [-0.15, -0.1) is 0 Å². The van der Waals surface area contributed by atoms with E-state index in [9.17, 15) is 4.79 Å². The first-order valence-corrected chi connectivity index (χ1v) is 7.88. The Morgan fingerprint density at radius 1 is 0.762 bits per heavy atom. The van der Waals surface area contributed by atoms with Gasteiger partial charge in [-0.3, -0.25) is 4.79 Å². The van der Waals surface area contributed by atoms with Gasteiger partial charge >= 0.3 is 0 Å². The SMILES string of the molecule is O=C(Cc1ccc(Cl)c(Cl)c1)c1c(Cl)cc(Cl)c(Cl)c1Cl. The minimum absolute atomic E-state index is 0.0410. The van der Waals surface area contributed by atoms with Gasteiger partial charge < -0.3 is 0 Å². The van der Waals surface area contributed by atoms with Crippen molar-refractivity contribution in [2.24, 2.45) is 0 Å². The molecule has 2 aromatic rings. The first kappa shape index (κ1) is 17.2. The van der Waals surface area contributed by atoms with Gasteiger partial charge in [0.1, 0.15) is 0 Å². The molecule has 0 aliphatic rings. The number of Topliss-reactive ketones (excluding diaryl/α,β-unsaturated/α-hetero) is 1. The number of halogens is 6. The Hall–Kier alpha value is -0.150. The predicted octanol–water partition coefficient (Wildman–Crippen LogP) is 7.03. The standard InChI is InChI=1S/C14H6Cl6O/c15-7-2-1-6(3-8(7)16)4-11(21)12-9(17)5-10(18)13(19)14(12)20/h1-3,5H,4H2. The van der Waals surface area contributed by atoms with Crippen LogP contribution in [0.15, 0.2) is 24.3 Å². The van der Waals surface area contributed by atoms with Crippen LogP contribution in [0, 0.1) is 0 Å². The molecule has 0 aliphatic carbocycles. The molecule has 0 saturated heterocycles. The lowest BCUT2D eigenvalue weighted by molar-refractivity contribution is 0.0993. The lowest BCUT2D eigenvalue weighted by Crippen LogP contribution is -2.06. The number of carbonyl (C=O) groups is 1. The van der Waals surface area contributed by atoms with Gasteiger partial charge in [-0.2, -0.15) is 0 Å². The van der Waals surface area contributed by atoms with Crippen LogP contribution in [0.25, 0.3) is 0 Å². The van der Waals surface area contributed by atoms with E-state index in [1.807, 2.05) is 0 Å². The molecule has 0 N–H and O–H groups in total. The van der Waals surface area contributed by atoms with Gasteiger partial charge in [-0.25, -0.2) is 0 Å². The molecule has 0 saturated carbocycles. The predicted molar refractivity (Wildman–Crippen MR) is 91.0 cm³/mol. The van der Waals surface area contributed by atoms with Gasteiger partial charge in [0.05, 0.1) is 35.7 Å². The van der Waals surface area contributed by atoms with Crippen LogP contribution in [0.3, 0.4) is 0 Å². The summed E-state index contributed by atoms with van der Waals surface area (Å²) in [5.41, 5.74) is 0.825. The smallest absolute Gasteiger partial charge is 0.170 e. The number of hydrogen-bond acceptors (Lipinski definition) is 1. The molecule has 0 bridgehead atoms. The maximum absolute atomic E-state index is 12.4. The molecule has 0 radical (unpaired) electrons. The summed E-state index contributed by atoms with van der Waals surface area (Å²) in [5.74, 6) is -0.290. The third-order valence-electron chi connectivity index (χ3n) is 2.74. The van der Waals surface area contributed by atoms with Crippen molar-refractivity contribution < 1.29 is 4.79 Å². The molecule has 110 valence electrons. The van der Waals surface area contributed by atoms with Gasteiger partial charge in [-0.05, 0) is 23.8 Å². The van der Waals surface area contributed by atoms with Crippen LogP contribution in [0.5, 0.6) is 0 Å². The highest BCUT2D eigenvalue weighted by Crippen LogP contribution is 2.38. The topological polar surface area (TPSA) is 17.1 Å². The second-order valence-electron chi connectivity index (χ2n) is 4.19. The van der Waals surface area contributed by atoms with Gasteiger partial charge in [0.2, 0.25) is 0 Å². The molecule has 21 heavy (non-hydrogen) atoms. The molecule has 0 amide bonds. The number of hydrogen-bond donors (Lipinski definition) is 0. The van der Waals surface area contributed by atoms with E-state index in [0.717, 1.165) is 0 Å². The second-order valence-corrected chi connectivity index (χ2v) is 6.58. The van der Waals surface area contributed by atoms with Gasteiger partial charge in [-0.1, -0.05) is 75.7 Å². The third kappa shape index (κ3) is 3.79. The first-order valence-electron chi connectivity index (χ1n) is 5.61. The Morgan fingerprint density at radius 3 is 2.05 bits per heavy atom. The molecule has 0 aromatic heterocycles. The lowest BCUT2D eigenvalue weighted by atomic mass is 10.0. The molecule has 7 heteroatoms. The van der Waals surface area contributed by atoms with E-state index in [2.05, 4.69) is 0 Å². The summed E-state index contributed by atoms with van der Waals surface area (Å²) in [4.78, 5) is 12.4. The van der Waals surface area contributed by atoms with Crippen LogP contribution in [-0.4, -0.2) is 5.78 Å². The maximum Gasteiger partial charge on any atom is 0.170 e. The Balaban J connectivity index is 2.37. The highest BCUT2D eigenvalue weighted by molar-refractivity contribution is 6.51. The molecule has 0 unspecified atom stereocenters. The molecule has 0 spiro atoms. The summed E-state index contributed by atoms with van der Waals surface area (Å²) in [5, 5.41) is 1.27. The van der Waals surface area contributed by atoms with Crippen molar-refractivity contribution in [1.82, 2.24) is 0 Å². The van der Waals surface area contributed by atoms with E-state index in [1.165, 1.54) is 6.07 Å². The van der Waals surface area contributed by atoms with Crippen molar-refractivity contribution in [2.75, 3.05) is 0 Å². The van der Waals surface area contributed by atoms with Crippen molar-refractivity contribution in [3.63, 3.8) is 0 Å². The van der Waals surface area contributed by atoms with E-state index >= 15 is 0 Å². The van der Waals surface area contributed by atoms with Crippen LogP contribution < -0.4 is 0 Å². The Bertz CT molecular complexity index is 726. The monoisotopic (exact) mass is 400 g/mol. The van der Waals surface area contributed by atoms with Gasteiger partial charge in [0.25, 0.3) is 0 Å². The quantitative estimate of drug-likeness (QED) is 0.306. The van der Waals surface area contributed by atoms with Crippen LogP contribution in [0.2, 0.25) is 30.1 Å². The van der Waals surface area contributed by atoms with Crippen LogP contribution in [-0.2, 0) is 6.42 Å². The fourth-order valence-corrected chi connectivity index (χ4v) is 3.19. The molecule has 0 aliphatic heterocycles. The fraction of sp³-hybridized carbons (Fsp3) is 0.0714. The molecule has 2 aromatic carbocycles. The molecule has 0 fully saturated rings. The summed E-state index contributed by atoms with van der Waals surface area (Å²) in [6.07, 6.45) is 0.0638. The van der Waals surface area contributed by atoms with Crippen molar-refractivity contribution in [1.29, 1.82) is 0 Å². The van der Waals surface area contributed by atoms with Crippen molar-refractivity contribution in [3.05, 3.63) is 65.5 Å². The van der Waals surface area contributed by atoms with E-state index in [4.69, 9.17) is 69.6 Å². The number of carbonyl (C=O) groups excluding carboxylic acids is 1. The van der Waals surface area contributed by atoms with Crippen molar-refractivity contribution in [2.45, 2.75) is 6.42 Å². The minimum atomic E-state index is -0.290. The Morgan fingerprint density at radius 2 is 1.43 bits per heavy atom. The fourth-order valence-electron chi connectivity index (χ4n) is 1.75.